The number of ether oxygens (including phenoxy) is 1. The number of aromatic nitrogens is 1. The summed E-state index contributed by atoms with van der Waals surface area (Å²) in [6.07, 6.45) is 6.89. The zero-order valence-corrected chi connectivity index (χ0v) is 15.4. The molecule has 3 fully saturated rings. The van der Waals surface area contributed by atoms with Crippen LogP contribution in [0.15, 0.2) is 48.8 Å². The highest BCUT2D eigenvalue weighted by atomic mass is 16.5. The molecular formula is C22H25N3O2. The Morgan fingerprint density at radius 2 is 2.00 bits per heavy atom. The Morgan fingerprint density at radius 3 is 2.74 bits per heavy atom. The Labute approximate surface area is 159 Å². The molecule has 2 aromatic rings. The summed E-state index contributed by atoms with van der Waals surface area (Å²) in [5, 5.41) is 2.96. The first-order valence-corrected chi connectivity index (χ1v) is 9.88. The molecule has 2 saturated heterocycles. The van der Waals surface area contributed by atoms with Gasteiger partial charge in [0.15, 0.2) is 0 Å². The number of rotatable bonds is 4. The number of likely N-dealkylation sites (tertiary alicyclic amines) is 1. The van der Waals surface area contributed by atoms with Crippen molar-refractivity contribution in [3.8, 4) is 0 Å². The first-order chi connectivity index (χ1) is 13.2. The topological polar surface area (TPSA) is 54.5 Å². The van der Waals surface area contributed by atoms with E-state index in [9.17, 15) is 4.79 Å². The van der Waals surface area contributed by atoms with Crippen LogP contribution in [-0.2, 0) is 10.2 Å². The normalized spacial score (nSPS) is 27.9. The molecule has 2 atom stereocenters. The monoisotopic (exact) mass is 363 g/mol. The van der Waals surface area contributed by atoms with Crippen LogP contribution < -0.4 is 5.32 Å². The third-order valence-electron chi connectivity index (χ3n) is 6.52. The molecule has 140 valence electrons. The largest absolute Gasteiger partial charge is 0.381 e. The molecule has 5 heteroatoms. The van der Waals surface area contributed by atoms with Crippen LogP contribution in [0.5, 0.6) is 0 Å². The van der Waals surface area contributed by atoms with Crippen molar-refractivity contribution in [3.63, 3.8) is 0 Å². The lowest BCUT2D eigenvalue weighted by atomic mass is 9.94. The predicted octanol–water partition coefficient (Wildman–Crippen LogP) is 3.09. The Balaban J connectivity index is 1.25. The molecule has 0 spiro atoms. The van der Waals surface area contributed by atoms with Crippen molar-refractivity contribution < 1.29 is 9.53 Å². The highest BCUT2D eigenvalue weighted by Crippen LogP contribution is 2.59. The lowest BCUT2D eigenvalue weighted by molar-refractivity contribution is 0.0378. The van der Waals surface area contributed by atoms with Crippen molar-refractivity contribution >= 4 is 11.6 Å². The highest BCUT2D eigenvalue weighted by molar-refractivity contribution is 6.04. The van der Waals surface area contributed by atoms with Gasteiger partial charge < -0.3 is 10.1 Å². The van der Waals surface area contributed by atoms with Gasteiger partial charge in [0.1, 0.15) is 0 Å². The number of hydrogen-bond donors (Lipinski definition) is 1. The number of carbonyl (C=O) groups is 1. The average Bonchev–Trinajstić information content (AvgIpc) is 3.30. The molecule has 1 saturated carbocycles. The average molecular weight is 363 g/mol. The number of benzene rings is 1. The Kier molecular flexibility index (Phi) is 4.21. The van der Waals surface area contributed by atoms with E-state index in [-0.39, 0.29) is 5.91 Å². The van der Waals surface area contributed by atoms with Crippen molar-refractivity contribution in [1.29, 1.82) is 0 Å². The maximum absolute atomic E-state index is 12.3. The van der Waals surface area contributed by atoms with Gasteiger partial charge in [-0.25, -0.2) is 0 Å². The summed E-state index contributed by atoms with van der Waals surface area (Å²) < 4.78 is 5.52. The number of fused-ring (bicyclic) bond motifs is 1. The molecule has 5 rings (SSSR count). The number of nitrogens with zero attached hydrogens (tertiary/aromatic N) is 2. The summed E-state index contributed by atoms with van der Waals surface area (Å²) in [5.74, 6) is 0.668. The Morgan fingerprint density at radius 1 is 1.19 bits per heavy atom. The van der Waals surface area contributed by atoms with E-state index >= 15 is 0 Å². The van der Waals surface area contributed by atoms with E-state index in [4.69, 9.17) is 4.74 Å². The van der Waals surface area contributed by atoms with Crippen LogP contribution in [0.1, 0.15) is 35.2 Å². The third kappa shape index (κ3) is 3.15. The van der Waals surface area contributed by atoms with Crippen molar-refractivity contribution in [2.24, 2.45) is 5.92 Å². The van der Waals surface area contributed by atoms with E-state index in [1.54, 1.807) is 24.5 Å². The number of amides is 1. The van der Waals surface area contributed by atoms with Crippen molar-refractivity contribution in [2.45, 2.75) is 30.7 Å². The number of anilines is 1. The molecule has 3 heterocycles. The van der Waals surface area contributed by atoms with Gasteiger partial charge >= 0.3 is 0 Å². The fraction of sp³-hybridized carbons (Fsp3) is 0.455. The first-order valence-electron chi connectivity index (χ1n) is 9.88. The molecule has 1 amide bonds. The SMILES string of the molecule is O=C(Nc1ccc(C23CC2CN(C2CCOCC2)C3)cc1)c1cccnc1. The fourth-order valence-electron chi connectivity index (χ4n) is 4.88. The maximum atomic E-state index is 12.3. The zero-order valence-electron chi connectivity index (χ0n) is 15.4. The lowest BCUT2D eigenvalue weighted by Gasteiger charge is -2.33. The van der Waals surface area contributed by atoms with Crippen LogP contribution in [-0.4, -0.2) is 48.1 Å². The summed E-state index contributed by atoms with van der Waals surface area (Å²) in [6, 6.07) is 12.7. The molecule has 2 aliphatic heterocycles. The predicted molar refractivity (Wildman–Crippen MR) is 104 cm³/mol. The summed E-state index contributed by atoms with van der Waals surface area (Å²) in [4.78, 5) is 19.0. The van der Waals surface area contributed by atoms with Crippen LogP contribution >= 0.6 is 0 Å². The molecule has 3 aliphatic rings. The van der Waals surface area contributed by atoms with Gasteiger partial charge in [-0.05, 0) is 55.0 Å². The van der Waals surface area contributed by atoms with Crippen molar-refractivity contribution in [2.75, 3.05) is 31.6 Å². The molecule has 1 aliphatic carbocycles. The Hall–Kier alpha value is -2.24. The second kappa shape index (κ2) is 6.73. The van der Waals surface area contributed by atoms with E-state index in [0.717, 1.165) is 24.8 Å². The Bertz CT molecular complexity index is 817. The van der Waals surface area contributed by atoms with Gasteiger partial charge in [-0.1, -0.05) is 12.1 Å². The standard InChI is InChI=1S/C22H25N3O2/c26-21(16-2-1-9-23-13-16)24-19-5-3-17(4-6-19)22-12-18(22)14-25(15-22)20-7-10-27-11-8-20/h1-6,9,13,18,20H,7-8,10-12,14-15H2,(H,24,26). The minimum Gasteiger partial charge on any atom is -0.381 e. The van der Waals surface area contributed by atoms with Gasteiger partial charge in [0.2, 0.25) is 0 Å². The fourth-order valence-corrected chi connectivity index (χ4v) is 4.88. The minimum absolute atomic E-state index is 0.120. The second-order valence-corrected chi connectivity index (χ2v) is 8.10. The molecule has 0 radical (unpaired) electrons. The van der Waals surface area contributed by atoms with E-state index in [0.29, 0.717) is 17.0 Å². The van der Waals surface area contributed by atoms with Crippen LogP contribution in [0.4, 0.5) is 5.69 Å². The van der Waals surface area contributed by atoms with Crippen molar-refractivity contribution in [3.05, 3.63) is 59.9 Å². The third-order valence-corrected chi connectivity index (χ3v) is 6.52. The number of carbonyl (C=O) groups excluding carboxylic acids is 1. The van der Waals surface area contributed by atoms with Crippen LogP contribution in [0, 0.1) is 5.92 Å². The second-order valence-electron chi connectivity index (χ2n) is 8.10. The van der Waals surface area contributed by atoms with E-state index in [1.165, 1.54) is 37.9 Å². The van der Waals surface area contributed by atoms with Crippen molar-refractivity contribution in [1.82, 2.24) is 9.88 Å². The number of piperidine rings is 1. The molecule has 2 unspecified atom stereocenters. The minimum atomic E-state index is -0.120. The molecular weight excluding hydrogens is 338 g/mol. The molecule has 1 aromatic carbocycles. The summed E-state index contributed by atoms with van der Waals surface area (Å²) in [6.45, 7) is 4.21. The van der Waals surface area contributed by atoms with Gasteiger partial charge in [-0.3, -0.25) is 14.7 Å². The zero-order chi connectivity index (χ0) is 18.3. The molecule has 1 N–H and O–H groups in total. The summed E-state index contributed by atoms with van der Waals surface area (Å²) >= 11 is 0. The molecule has 0 bridgehead atoms. The molecule has 1 aromatic heterocycles. The summed E-state index contributed by atoms with van der Waals surface area (Å²) in [7, 11) is 0. The van der Waals surface area contributed by atoms with E-state index < -0.39 is 0 Å². The number of pyridine rings is 1. The lowest BCUT2D eigenvalue weighted by Crippen LogP contribution is -2.40. The first kappa shape index (κ1) is 16.9. The molecule has 27 heavy (non-hydrogen) atoms. The van der Waals surface area contributed by atoms with Gasteiger partial charge in [-0.15, -0.1) is 0 Å². The molecule has 5 nitrogen and oxygen atoms in total. The number of nitrogens with one attached hydrogen (secondary N) is 1. The van der Waals surface area contributed by atoms with Crippen LogP contribution in [0.3, 0.4) is 0 Å². The van der Waals surface area contributed by atoms with Gasteiger partial charge in [0.05, 0.1) is 5.56 Å². The van der Waals surface area contributed by atoms with Gasteiger partial charge in [0, 0.05) is 55.8 Å². The van der Waals surface area contributed by atoms with E-state index in [2.05, 4.69) is 27.3 Å². The van der Waals surface area contributed by atoms with Crippen LogP contribution in [0.25, 0.3) is 0 Å². The maximum Gasteiger partial charge on any atom is 0.257 e. The number of hydrogen-bond acceptors (Lipinski definition) is 4. The van der Waals surface area contributed by atoms with Crippen LogP contribution in [0.2, 0.25) is 0 Å². The van der Waals surface area contributed by atoms with Gasteiger partial charge in [0.25, 0.3) is 5.91 Å². The smallest absolute Gasteiger partial charge is 0.257 e. The van der Waals surface area contributed by atoms with E-state index in [1.807, 2.05) is 12.1 Å². The quantitative estimate of drug-likeness (QED) is 0.907. The highest BCUT2D eigenvalue weighted by Gasteiger charge is 2.61. The summed E-state index contributed by atoms with van der Waals surface area (Å²) in [5.41, 5.74) is 3.16. The van der Waals surface area contributed by atoms with Gasteiger partial charge in [-0.2, -0.15) is 0 Å².